The first-order chi connectivity index (χ1) is 6.63. The lowest BCUT2D eigenvalue weighted by Gasteiger charge is -2.20. The summed E-state index contributed by atoms with van der Waals surface area (Å²) in [5.74, 6) is 1.52. The second-order valence-corrected chi connectivity index (χ2v) is 4.61. The van der Waals surface area contributed by atoms with E-state index in [9.17, 15) is 4.79 Å². The Hall–Kier alpha value is -0.220. The lowest BCUT2D eigenvalue weighted by Crippen LogP contribution is -2.32. The van der Waals surface area contributed by atoms with Crippen LogP contribution in [0.15, 0.2) is 0 Å². The van der Waals surface area contributed by atoms with Gasteiger partial charge in [0.15, 0.2) is 0 Å². The van der Waals surface area contributed by atoms with Crippen molar-refractivity contribution in [1.82, 2.24) is 9.80 Å². The molecule has 1 aliphatic heterocycles. The highest BCUT2D eigenvalue weighted by Gasteiger charge is 2.22. The van der Waals surface area contributed by atoms with Crippen LogP contribution in [0.25, 0.3) is 0 Å². The molecule has 82 valence electrons. The Morgan fingerprint density at radius 1 is 1.64 bits per heavy atom. The maximum atomic E-state index is 11.5. The fraction of sp³-hybridized carbons (Fsp3) is 0.900. The number of amides is 1. The predicted molar refractivity (Wildman–Crippen MR) is 61.7 cm³/mol. The van der Waals surface area contributed by atoms with E-state index in [1.807, 2.05) is 11.9 Å². The number of thiol groups is 1. The minimum atomic E-state index is 0.217. The molecule has 1 aliphatic rings. The van der Waals surface area contributed by atoms with Gasteiger partial charge in [-0.15, -0.1) is 0 Å². The molecule has 0 spiro atoms. The van der Waals surface area contributed by atoms with Crippen LogP contribution in [-0.2, 0) is 4.79 Å². The van der Waals surface area contributed by atoms with Gasteiger partial charge in [-0.3, -0.25) is 4.79 Å². The lowest BCUT2D eigenvalue weighted by atomic mass is 10.1. The Balaban J connectivity index is 2.26. The third-order valence-corrected chi connectivity index (χ3v) is 3.00. The summed E-state index contributed by atoms with van der Waals surface area (Å²) in [6.45, 7) is 3.19. The molecule has 0 aliphatic carbocycles. The summed E-state index contributed by atoms with van der Waals surface area (Å²) >= 11 is 4.06. The highest BCUT2D eigenvalue weighted by molar-refractivity contribution is 7.80. The molecule has 1 amide bonds. The standard InChI is InChI=1S/C10H20N2OS/c1-11-5-3-9(7-11)8-12(2)10(13)4-6-14/h9,14H,3-8H2,1-2H3. The lowest BCUT2D eigenvalue weighted by molar-refractivity contribution is -0.129. The molecular formula is C10H20N2OS. The van der Waals surface area contributed by atoms with E-state index in [1.54, 1.807) is 0 Å². The SMILES string of the molecule is CN1CCC(CN(C)C(=O)CCS)C1. The molecule has 3 nitrogen and oxygen atoms in total. The molecule has 0 radical (unpaired) electrons. The Bertz CT molecular complexity index is 199. The number of carbonyl (C=O) groups excluding carboxylic acids is 1. The van der Waals surface area contributed by atoms with Crippen molar-refractivity contribution in [2.24, 2.45) is 5.92 Å². The second kappa shape index (κ2) is 5.61. The zero-order valence-electron chi connectivity index (χ0n) is 9.07. The molecule has 1 atom stereocenters. The molecule has 14 heavy (non-hydrogen) atoms. The first-order valence-corrected chi connectivity index (χ1v) is 5.80. The van der Waals surface area contributed by atoms with Gasteiger partial charge in [0, 0.05) is 26.6 Å². The minimum Gasteiger partial charge on any atom is -0.345 e. The molecule has 4 heteroatoms. The maximum Gasteiger partial charge on any atom is 0.223 e. The predicted octanol–water partition coefficient (Wildman–Crippen LogP) is 0.716. The molecule has 0 aromatic rings. The summed E-state index contributed by atoms with van der Waals surface area (Å²) in [4.78, 5) is 15.6. The number of hydrogen-bond acceptors (Lipinski definition) is 3. The van der Waals surface area contributed by atoms with Crippen LogP contribution in [0, 0.1) is 5.92 Å². The van der Waals surface area contributed by atoms with E-state index in [0.29, 0.717) is 18.1 Å². The van der Waals surface area contributed by atoms with Gasteiger partial charge in [0.25, 0.3) is 0 Å². The van der Waals surface area contributed by atoms with E-state index in [1.165, 1.54) is 13.0 Å². The average Bonchev–Trinajstić information content (AvgIpc) is 2.51. The summed E-state index contributed by atoms with van der Waals surface area (Å²) in [5, 5.41) is 0. The highest BCUT2D eigenvalue weighted by atomic mass is 32.1. The topological polar surface area (TPSA) is 23.6 Å². The number of likely N-dealkylation sites (tertiary alicyclic amines) is 1. The summed E-state index contributed by atoms with van der Waals surface area (Å²) in [6.07, 6.45) is 1.77. The zero-order valence-corrected chi connectivity index (χ0v) is 9.96. The molecule has 1 fully saturated rings. The zero-order chi connectivity index (χ0) is 10.6. The van der Waals surface area contributed by atoms with Crippen molar-refractivity contribution in [3.8, 4) is 0 Å². The van der Waals surface area contributed by atoms with Gasteiger partial charge in [0.1, 0.15) is 0 Å². The smallest absolute Gasteiger partial charge is 0.223 e. The van der Waals surface area contributed by atoms with Crippen molar-refractivity contribution in [2.75, 3.05) is 39.5 Å². The molecular weight excluding hydrogens is 196 g/mol. The summed E-state index contributed by atoms with van der Waals surface area (Å²) in [7, 11) is 4.03. The minimum absolute atomic E-state index is 0.217. The van der Waals surface area contributed by atoms with E-state index in [0.717, 1.165) is 13.1 Å². The first kappa shape index (κ1) is 11.9. The molecule has 0 saturated carbocycles. The summed E-state index contributed by atoms with van der Waals surface area (Å²) in [5.41, 5.74) is 0. The van der Waals surface area contributed by atoms with Crippen molar-refractivity contribution >= 4 is 18.5 Å². The van der Waals surface area contributed by atoms with Gasteiger partial charge in [-0.2, -0.15) is 12.6 Å². The van der Waals surface area contributed by atoms with Crippen molar-refractivity contribution < 1.29 is 4.79 Å². The van der Waals surface area contributed by atoms with Crippen LogP contribution in [-0.4, -0.2) is 55.2 Å². The molecule has 1 unspecified atom stereocenters. The third-order valence-electron chi connectivity index (χ3n) is 2.77. The number of nitrogens with zero attached hydrogens (tertiary/aromatic N) is 2. The average molecular weight is 216 g/mol. The Labute approximate surface area is 91.9 Å². The van der Waals surface area contributed by atoms with Gasteiger partial charge in [-0.25, -0.2) is 0 Å². The third kappa shape index (κ3) is 3.50. The fourth-order valence-corrected chi connectivity index (χ4v) is 2.14. The van der Waals surface area contributed by atoms with Crippen molar-refractivity contribution in [3.05, 3.63) is 0 Å². The molecule has 0 aromatic heterocycles. The fourth-order valence-electron chi connectivity index (χ4n) is 1.95. The number of hydrogen-bond donors (Lipinski definition) is 1. The Morgan fingerprint density at radius 3 is 2.86 bits per heavy atom. The van der Waals surface area contributed by atoms with Gasteiger partial charge in [0.05, 0.1) is 0 Å². The molecule has 0 N–H and O–H groups in total. The normalized spacial score (nSPS) is 22.6. The van der Waals surface area contributed by atoms with Crippen LogP contribution in [0.2, 0.25) is 0 Å². The van der Waals surface area contributed by atoms with Gasteiger partial charge in [-0.1, -0.05) is 0 Å². The monoisotopic (exact) mass is 216 g/mol. The largest absolute Gasteiger partial charge is 0.345 e. The van der Waals surface area contributed by atoms with Gasteiger partial charge < -0.3 is 9.80 Å². The Kier molecular flexibility index (Phi) is 4.75. The Morgan fingerprint density at radius 2 is 2.36 bits per heavy atom. The molecule has 0 aromatic carbocycles. The molecule has 1 heterocycles. The van der Waals surface area contributed by atoms with E-state index < -0.39 is 0 Å². The van der Waals surface area contributed by atoms with Crippen LogP contribution < -0.4 is 0 Å². The molecule has 1 saturated heterocycles. The van der Waals surface area contributed by atoms with Crippen LogP contribution in [0.4, 0.5) is 0 Å². The van der Waals surface area contributed by atoms with Gasteiger partial charge in [0.2, 0.25) is 5.91 Å². The highest BCUT2D eigenvalue weighted by Crippen LogP contribution is 2.15. The van der Waals surface area contributed by atoms with E-state index in [2.05, 4.69) is 24.6 Å². The van der Waals surface area contributed by atoms with Crippen molar-refractivity contribution in [3.63, 3.8) is 0 Å². The maximum absolute atomic E-state index is 11.5. The second-order valence-electron chi connectivity index (χ2n) is 4.16. The van der Waals surface area contributed by atoms with E-state index in [-0.39, 0.29) is 5.91 Å². The number of carbonyl (C=O) groups is 1. The van der Waals surface area contributed by atoms with Crippen LogP contribution >= 0.6 is 12.6 Å². The van der Waals surface area contributed by atoms with Crippen LogP contribution in [0.5, 0.6) is 0 Å². The molecule has 1 rings (SSSR count). The van der Waals surface area contributed by atoms with E-state index in [4.69, 9.17) is 0 Å². The number of rotatable bonds is 4. The molecule has 0 bridgehead atoms. The quantitative estimate of drug-likeness (QED) is 0.700. The van der Waals surface area contributed by atoms with Crippen LogP contribution in [0.1, 0.15) is 12.8 Å². The van der Waals surface area contributed by atoms with Gasteiger partial charge >= 0.3 is 0 Å². The van der Waals surface area contributed by atoms with Crippen molar-refractivity contribution in [2.45, 2.75) is 12.8 Å². The van der Waals surface area contributed by atoms with Gasteiger partial charge in [-0.05, 0) is 31.7 Å². The van der Waals surface area contributed by atoms with E-state index >= 15 is 0 Å². The van der Waals surface area contributed by atoms with Crippen LogP contribution in [0.3, 0.4) is 0 Å². The summed E-state index contributed by atoms with van der Waals surface area (Å²) in [6, 6.07) is 0. The summed E-state index contributed by atoms with van der Waals surface area (Å²) < 4.78 is 0. The first-order valence-electron chi connectivity index (χ1n) is 5.17. The van der Waals surface area contributed by atoms with Crippen molar-refractivity contribution in [1.29, 1.82) is 0 Å².